The molecule has 1 saturated heterocycles. The predicted molar refractivity (Wildman–Crippen MR) is 78.8 cm³/mol. The molecule has 0 amide bonds. The van der Waals surface area contributed by atoms with Crippen molar-refractivity contribution in [2.75, 3.05) is 13.1 Å². The molecule has 3 heteroatoms. The molecule has 1 aliphatic rings. The maximum Gasteiger partial charge on any atom is 0.123 e. The topological polar surface area (TPSA) is 29.3 Å². The largest absolute Gasteiger partial charge is 0.326 e. The monoisotopic (exact) mass is 270 g/mol. The first-order valence-electron chi connectivity index (χ1n) is 7.00. The summed E-state index contributed by atoms with van der Waals surface area (Å²) in [4.78, 5) is 2.34. The fraction of sp³-hybridized carbons (Fsp3) is 0.294. The van der Waals surface area contributed by atoms with Crippen LogP contribution in [0, 0.1) is 5.82 Å². The Kier molecular flexibility index (Phi) is 3.81. The number of hydrogen-bond donors (Lipinski definition) is 1. The van der Waals surface area contributed by atoms with Crippen LogP contribution in [0.25, 0.3) is 0 Å². The minimum absolute atomic E-state index is 0.0699. The SMILES string of the molecule is NC1CN(Cc2ccccc2)CC1c1cccc(F)c1. The van der Waals surface area contributed by atoms with Crippen molar-refractivity contribution in [3.05, 3.63) is 71.5 Å². The maximum atomic E-state index is 13.3. The van der Waals surface area contributed by atoms with Crippen LogP contribution in [0.2, 0.25) is 0 Å². The summed E-state index contributed by atoms with van der Waals surface area (Å²) in [6.07, 6.45) is 0. The van der Waals surface area contributed by atoms with Gasteiger partial charge in [-0.15, -0.1) is 0 Å². The molecule has 0 aliphatic carbocycles. The van der Waals surface area contributed by atoms with Crippen LogP contribution in [0.15, 0.2) is 54.6 Å². The van der Waals surface area contributed by atoms with Crippen molar-refractivity contribution in [1.82, 2.24) is 4.90 Å². The Morgan fingerprint density at radius 3 is 2.60 bits per heavy atom. The minimum Gasteiger partial charge on any atom is -0.326 e. The lowest BCUT2D eigenvalue weighted by molar-refractivity contribution is 0.324. The molecule has 1 aliphatic heterocycles. The highest BCUT2D eigenvalue weighted by molar-refractivity contribution is 5.25. The summed E-state index contributed by atoms with van der Waals surface area (Å²) in [5.74, 6) is 0.0330. The molecule has 2 aromatic rings. The summed E-state index contributed by atoms with van der Waals surface area (Å²) < 4.78 is 13.3. The van der Waals surface area contributed by atoms with E-state index in [9.17, 15) is 4.39 Å². The van der Waals surface area contributed by atoms with Crippen molar-refractivity contribution in [2.45, 2.75) is 18.5 Å². The van der Waals surface area contributed by atoms with Gasteiger partial charge in [-0.2, -0.15) is 0 Å². The lowest BCUT2D eigenvalue weighted by Crippen LogP contribution is -2.28. The summed E-state index contributed by atoms with van der Waals surface area (Å²) >= 11 is 0. The highest BCUT2D eigenvalue weighted by atomic mass is 19.1. The van der Waals surface area contributed by atoms with Crippen LogP contribution >= 0.6 is 0 Å². The van der Waals surface area contributed by atoms with Gasteiger partial charge < -0.3 is 5.73 Å². The second kappa shape index (κ2) is 5.73. The molecule has 20 heavy (non-hydrogen) atoms. The molecule has 3 rings (SSSR count). The number of nitrogens with zero attached hydrogens (tertiary/aromatic N) is 1. The number of halogens is 1. The van der Waals surface area contributed by atoms with E-state index < -0.39 is 0 Å². The van der Waals surface area contributed by atoms with Gasteiger partial charge in [0.1, 0.15) is 5.82 Å². The van der Waals surface area contributed by atoms with Gasteiger partial charge in [0.25, 0.3) is 0 Å². The zero-order chi connectivity index (χ0) is 13.9. The fourth-order valence-electron chi connectivity index (χ4n) is 2.97. The zero-order valence-corrected chi connectivity index (χ0v) is 11.4. The van der Waals surface area contributed by atoms with E-state index in [0.29, 0.717) is 0 Å². The van der Waals surface area contributed by atoms with Gasteiger partial charge in [0.2, 0.25) is 0 Å². The third-order valence-electron chi connectivity index (χ3n) is 3.97. The molecule has 2 N–H and O–H groups in total. The van der Waals surface area contributed by atoms with E-state index >= 15 is 0 Å². The third-order valence-corrected chi connectivity index (χ3v) is 3.97. The molecule has 0 radical (unpaired) electrons. The van der Waals surface area contributed by atoms with Crippen LogP contribution in [0.4, 0.5) is 4.39 Å². The van der Waals surface area contributed by atoms with Crippen molar-refractivity contribution < 1.29 is 4.39 Å². The van der Waals surface area contributed by atoms with Crippen LogP contribution < -0.4 is 5.73 Å². The third kappa shape index (κ3) is 2.89. The molecule has 2 aromatic carbocycles. The molecule has 104 valence electrons. The lowest BCUT2D eigenvalue weighted by Gasteiger charge is -2.16. The molecule has 2 unspecified atom stereocenters. The van der Waals surface area contributed by atoms with Gasteiger partial charge in [0.15, 0.2) is 0 Å². The number of likely N-dealkylation sites (tertiary alicyclic amines) is 1. The standard InChI is InChI=1S/C17H19FN2/c18-15-8-4-7-14(9-15)16-11-20(12-17(16)19)10-13-5-2-1-3-6-13/h1-9,16-17H,10-12,19H2. The Bertz CT molecular complexity index is 570. The van der Waals surface area contributed by atoms with Gasteiger partial charge in [0, 0.05) is 31.6 Å². The second-order valence-corrected chi connectivity index (χ2v) is 5.51. The van der Waals surface area contributed by atoms with Crippen LogP contribution in [-0.2, 0) is 6.54 Å². The summed E-state index contributed by atoms with van der Waals surface area (Å²) in [6, 6.07) is 17.3. The van der Waals surface area contributed by atoms with E-state index in [4.69, 9.17) is 5.73 Å². The van der Waals surface area contributed by atoms with Crippen molar-refractivity contribution >= 4 is 0 Å². The Morgan fingerprint density at radius 2 is 1.85 bits per heavy atom. The van der Waals surface area contributed by atoms with E-state index in [1.807, 2.05) is 12.1 Å². The van der Waals surface area contributed by atoms with Crippen molar-refractivity contribution in [1.29, 1.82) is 0 Å². The van der Waals surface area contributed by atoms with Crippen LogP contribution in [0.3, 0.4) is 0 Å². The Balaban J connectivity index is 1.71. The van der Waals surface area contributed by atoms with E-state index in [1.54, 1.807) is 12.1 Å². The van der Waals surface area contributed by atoms with Gasteiger partial charge in [-0.05, 0) is 23.3 Å². The van der Waals surface area contributed by atoms with E-state index in [1.165, 1.54) is 11.6 Å². The average molecular weight is 270 g/mol. The molecule has 1 heterocycles. The summed E-state index contributed by atoms with van der Waals surface area (Å²) in [5, 5.41) is 0. The molecule has 0 bridgehead atoms. The number of nitrogens with two attached hydrogens (primary N) is 1. The first-order valence-corrected chi connectivity index (χ1v) is 7.00. The Morgan fingerprint density at radius 1 is 1.05 bits per heavy atom. The fourth-order valence-corrected chi connectivity index (χ4v) is 2.97. The van der Waals surface area contributed by atoms with Crippen molar-refractivity contribution in [3.63, 3.8) is 0 Å². The highest BCUT2D eigenvalue weighted by Crippen LogP contribution is 2.27. The van der Waals surface area contributed by atoms with Gasteiger partial charge in [-0.25, -0.2) is 4.39 Å². The smallest absolute Gasteiger partial charge is 0.123 e. The Hall–Kier alpha value is -1.71. The summed E-state index contributed by atoms with van der Waals surface area (Å²) in [7, 11) is 0. The van der Waals surface area contributed by atoms with Crippen molar-refractivity contribution in [3.8, 4) is 0 Å². The molecule has 0 saturated carbocycles. The molecule has 2 nitrogen and oxygen atoms in total. The minimum atomic E-state index is -0.184. The van der Waals surface area contributed by atoms with Crippen molar-refractivity contribution in [2.24, 2.45) is 5.73 Å². The molecule has 2 atom stereocenters. The molecule has 1 fully saturated rings. The van der Waals surface area contributed by atoms with Gasteiger partial charge in [-0.1, -0.05) is 42.5 Å². The highest BCUT2D eigenvalue weighted by Gasteiger charge is 2.31. The lowest BCUT2D eigenvalue weighted by atomic mass is 9.95. The zero-order valence-electron chi connectivity index (χ0n) is 11.4. The second-order valence-electron chi connectivity index (χ2n) is 5.51. The quantitative estimate of drug-likeness (QED) is 0.929. The van der Waals surface area contributed by atoms with E-state index in [2.05, 4.69) is 29.2 Å². The normalized spacial score (nSPS) is 23.1. The van der Waals surface area contributed by atoms with Gasteiger partial charge >= 0.3 is 0 Å². The molecule has 0 aromatic heterocycles. The van der Waals surface area contributed by atoms with Crippen LogP contribution in [-0.4, -0.2) is 24.0 Å². The van der Waals surface area contributed by atoms with Crippen LogP contribution in [0.5, 0.6) is 0 Å². The maximum absolute atomic E-state index is 13.3. The molecular weight excluding hydrogens is 251 g/mol. The first kappa shape index (κ1) is 13.3. The summed E-state index contributed by atoms with van der Waals surface area (Å²) in [6.45, 7) is 2.65. The number of hydrogen-bond acceptors (Lipinski definition) is 2. The summed E-state index contributed by atoms with van der Waals surface area (Å²) in [5.41, 5.74) is 8.54. The number of rotatable bonds is 3. The van der Waals surface area contributed by atoms with E-state index in [0.717, 1.165) is 25.2 Å². The van der Waals surface area contributed by atoms with Crippen LogP contribution in [0.1, 0.15) is 17.0 Å². The predicted octanol–water partition coefficient (Wildman–Crippen LogP) is 2.75. The van der Waals surface area contributed by atoms with E-state index in [-0.39, 0.29) is 17.8 Å². The number of benzene rings is 2. The first-order chi connectivity index (χ1) is 9.72. The molecular formula is C17H19FN2. The average Bonchev–Trinajstić information content (AvgIpc) is 2.81. The van der Waals surface area contributed by atoms with Gasteiger partial charge in [0.05, 0.1) is 0 Å². The molecule has 0 spiro atoms. The Labute approximate surface area is 119 Å². The van der Waals surface area contributed by atoms with Gasteiger partial charge in [-0.3, -0.25) is 4.90 Å².